The molecular weight excluding hydrogens is 490 g/mol. The highest BCUT2D eigenvalue weighted by Gasteiger charge is 2.36. The van der Waals surface area contributed by atoms with E-state index in [0.29, 0.717) is 22.7 Å². The van der Waals surface area contributed by atoms with Crippen molar-refractivity contribution in [2.75, 3.05) is 14.2 Å². The number of rotatable bonds is 7. The molecule has 0 bridgehead atoms. The molecule has 0 aliphatic carbocycles. The van der Waals surface area contributed by atoms with Gasteiger partial charge in [-0.15, -0.1) is 0 Å². The number of aryl methyl sites for hydroxylation is 1. The van der Waals surface area contributed by atoms with Gasteiger partial charge < -0.3 is 18.5 Å². The Morgan fingerprint density at radius 3 is 2.58 bits per heavy atom. The fraction of sp³-hybridized carbons (Fsp3) is 0.208. The third-order valence-electron chi connectivity index (χ3n) is 5.61. The zero-order valence-electron chi connectivity index (χ0n) is 19.8. The van der Waals surface area contributed by atoms with Gasteiger partial charge in [-0.2, -0.15) is 0 Å². The van der Waals surface area contributed by atoms with Gasteiger partial charge in [0.1, 0.15) is 11.5 Å². The first-order valence-electron chi connectivity index (χ1n) is 10.6. The Balaban J connectivity index is 1.64. The topological polar surface area (TPSA) is 134 Å². The minimum Gasteiger partial charge on any atom is -0.495 e. The first-order chi connectivity index (χ1) is 17.1. The van der Waals surface area contributed by atoms with E-state index < -0.39 is 22.0 Å². The lowest BCUT2D eigenvalue weighted by Crippen LogP contribution is -2.27. The molecule has 0 spiro atoms. The number of nitrogens with zero attached hydrogens (tertiary/aromatic N) is 3. The van der Waals surface area contributed by atoms with Crippen LogP contribution in [-0.4, -0.2) is 45.7 Å². The van der Waals surface area contributed by atoms with Gasteiger partial charge in [0.2, 0.25) is 5.76 Å². The maximum absolute atomic E-state index is 13.0. The van der Waals surface area contributed by atoms with Crippen LogP contribution in [0.25, 0.3) is 11.8 Å². The Hall–Kier alpha value is -4.32. The molecule has 3 heterocycles. The Morgan fingerprint density at radius 1 is 1.17 bits per heavy atom. The molecule has 0 atom stereocenters. The molecule has 1 aliphatic heterocycles. The number of carbonyl (C=O) groups is 3. The predicted molar refractivity (Wildman–Crippen MR) is 130 cm³/mol. The summed E-state index contributed by atoms with van der Waals surface area (Å²) in [4.78, 5) is 49.2. The van der Waals surface area contributed by atoms with Gasteiger partial charge in [-0.25, -0.2) is 4.79 Å². The van der Waals surface area contributed by atoms with E-state index in [-0.39, 0.29) is 28.7 Å². The number of hydrogen-bond acceptors (Lipinski definition) is 9. The molecule has 2 amide bonds. The van der Waals surface area contributed by atoms with Crippen molar-refractivity contribution in [3.63, 3.8) is 0 Å². The number of amides is 2. The molecule has 1 fully saturated rings. The molecule has 4 rings (SSSR count). The van der Waals surface area contributed by atoms with Crippen LogP contribution in [0.4, 0.5) is 10.5 Å². The molecule has 36 heavy (non-hydrogen) atoms. The smallest absolute Gasteiger partial charge is 0.373 e. The molecule has 11 nitrogen and oxygen atoms in total. The van der Waals surface area contributed by atoms with Crippen molar-refractivity contribution in [3.8, 4) is 11.4 Å². The highest BCUT2D eigenvalue weighted by atomic mass is 32.2. The largest absolute Gasteiger partial charge is 0.495 e. The molecule has 0 N–H and O–H groups in total. The second-order valence-electron chi connectivity index (χ2n) is 7.80. The monoisotopic (exact) mass is 511 g/mol. The van der Waals surface area contributed by atoms with Crippen molar-refractivity contribution < 1.29 is 33.2 Å². The van der Waals surface area contributed by atoms with Crippen molar-refractivity contribution in [1.29, 1.82) is 0 Å². The number of non-ortho nitro benzene ring substituents is 1. The van der Waals surface area contributed by atoms with Crippen molar-refractivity contribution in [3.05, 3.63) is 79.9 Å². The molecule has 12 heteroatoms. The number of nitro groups is 1. The average molecular weight is 512 g/mol. The van der Waals surface area contributed by atoms with Gasteiger partial charge >= 0.3 is 5.97 Å². The van der Waals surface area contributed by atoms with Crippen LogP contribution in [0.1, 0.15) is 33.3 Å². The molecule has 186 valence electrons. The summed E-state index contributed by atoms with van der Waals surface area (Å²) < 4.78 is 17.2. The Labute approximate surface area is 209 Å². The minimum atomic E-state index is -0.661. The van der Waals surface area contributed by atoms with Crippen LogP contribution in [0.3, 0.4) is 0 Å². The molecule has 2 aromatic heterocycles. The lowest BCUT2D eigenvalue weighted by Gasteiger charge is -2.14. The number of ether oxygens (including phenoxy) is 2. The fourth-order valence-corrected chi connectivity index (χ4v) is 4.71. The van der Waals surface area contributed by atoms with Crippen LogP contribution < -0.4 is 4.74 Å². The minimum absolute atomic E-state index is 0.0287. The van der Waals surface area contributed by atoms with Crippen LogP contribution in [0.2, 0.25) is 0 Å². The molecule has 3 aromatic rings. The van der Waals surface area contributed by atoms with E-state index in [2.05, 4.69) is 4.74 Å². The predicted octanol–water partition coefficient (Wildman–Crippen LogP) is 4.63. The SMILES string of the molecule is COC(=O)c1ccc(CN2C(=O)S/C(=C/c3cc(C)n(-c4cc([N+](=O)[O-])ccc4OC)c3C)C2=O)o1. The standard InChI is InChI=1S/C24H21N3O8S/c1-13-9-15(14(2)26(13)18-11-16(27(31)32)5-7-19(18)33-3)10-21-22(28)25(24(30)36-21)12-17-6-8-20(35-17)23(29)34-4/h5-11H,12H2,1-4H3/b21-10+. The van der Waals surface area contributed by atoms with Crippen LogP contribution in [0.15, 0.2) is 45.7 Å². The number of thioether (sulfide) groups is 1. The van der Waals surface area contributed by atoms with Gasteiger partial charge in [0, 0.05) is 23.5 Å². The summed E-state index contributed by atoms with van der Waals surface area (Å²) in [5, 5.41) is 10.8. The van der Waals surface area contributed by atoms with E-state index in [1.807, 2.05) is 13.0 Å². The van der Waals surface area contributed by atoms with Gasteiger partial charge in [-0.1, -0.05) is 0 Å². The summed E-state index contributed by atoms with van der Waals surface area (Å²) >= 11 is 0.789. The lowest BCUT2D eigenvalue weighted by atomic mass is 10.2. The summed E-state index contributed by atoms with van der Waals surface area (Å²) in [5.41, 5.74) is 2.51. The molecule has 1 aromatic carbocycles. The summed E-state index contributed by atoms with van der Waals surface area (Å²) in [6.07, 6.45) is 1.61. The van der Waals surface area contributed by atoms with Crippen LogP contribution in [0, 0.1) is 24.0 Å². The fourth-order valence-electron chi connectivity index (χ4n) is 3.88. The number of benzene rings is 1. The lowest BCUT2D eigenvalue weighted by molar-refractivity contribution is -0.384. The number of furan rings is 1. The van der Waals surface area contributed by atoms with Crippen LogP contribution >= 0.6 is 11.8 Å². The van der Waals surface area contributed by atoms with E-state index in [1.165, 1.54) is 44.6 Å². The number of esters is 1. The van der Waals surface area contributed by atoms with Crippen molar-refractivity contribution >= 4 is 40.6 Å². The Morgan fingerprint density at radius 2 is 1.92 bits per heavy atom. The number of imide groups is 1. The van der Waals surface area contributed by atoms with E-state index in [0.717, 1.165) is 22.4 Å². The van der Waals surface area contributed by atoms with Gasteiger partial charge in [-0.05, 0) is 61.5 Å². The normalized spacial score (nSPS) is 14.6. The third kappa shape index (κ3) is 4.50. The summed E-state index contributed by atoms with van der Waals surface area (Å²) in [7, 11) is 2.70. The van der Waals surface area contributed by atoms with E-state index >= 15 is 0 Å². The maximum atomic E-state index is 13.0. The van der Waals surface area contributed by atoms with Crippen molar-refractivity contribution in [2.45, 2.75) is 20.4 Å². The van der Waals surface area contributed by atoms with E-state index in [9.17, 15) is 24.5 Å². The molecule has 0 saturated carbocycles. The Bertz CT molecular complexity index is 1430. The number of aromatic nitrogens is 1. The second-order valence-corrected chi connectivity index (χ2v) is 8.79. The summed E-state index contributed by atoms with van der Waals surface area (Å²) in [6, 6.07) is 9.03. The molecule has 0 unspecified atom stereocenters. The van der Waals surface area contributed by atoms with Gasteiger partial charge in [0.05, 0.1) is 36.3 Å². The highest BCUT2D eigenvalue weighted by Crippen LogP contribution is 2.36. The van der Waals surface area contributed by atoms with Gasteiger partial charge in [0.25, 0.3) is 16.8 Å². The van der Waals surface area contributed by atoms with Crippen LogP contribution in [0.5, 0.6) is 5.75 Å². The van der Waals surface area contributed by atoms with Crippen LogP contribution in [-0.2, 0) is 16.1 Å². The third-order valence-corrected chi connectivity index (χ3v) is 6.51. The zero-order chi connectivity index (χ0) is 26.1. The van der Waals surface area contributed by atoms with E-state index in [4.69, 9.17) is 9.15 Å². The summed E-state index contributed by atoms with van der Waals surface area (Å²) in [5.74, 6) is -0.488. The zero-order valence-corrected chi connectivity index (χ0v) is 20.6. The number of carbonyl (C=O) groups excluding carboxylic acids is 3. The Kier molecular flexibility index (Phi) is 6.71. The average Bonchev–Trinajstić information content (AvgIpc) is 3.51. The maximum Gasteiger partial charge on any atom is 0.373 e. The number of hydrogen-bond donors (Lipinski definition) is 0. The van der Waals surface area contributed by atoms with Gasteiger partial charge in [0.15, 0.2) is 0 Å². The molecule has 0 radical (unpaired) electrons. The number of methoxy groups -OCH3 is 2. The summed E-state index contributed by atoms with van der Waals surface area (Å²) in [6.45, 7) is 3.49. The van der Waals surface area contributed by atoms with E-state index in [1.54, 1.807) is 17.6 Å². The van der Waals surface area contributed by atoms with Gasteiger partial charge in [-0.3, -0.25) is 24.6 Å². The first-order valence-corrected chi connectivity index (χ1v) is 11.4. The van der Waals surface area contributed by atoms with Crippen molar-refractivity contribution in [1.82, 2.24) is 9.47 Å². The van der Waals surface area contributed by atoms with Crippen molar-refractivity contribution in [2.24, 2.45) is 0 Å². The second kappa shape index (κ2) is 9.74. The molecule has 1 aliphatic rings. The molecule has 1 saturated heterocycles. The number of nitro benzene ring substituents is 1. The first kappa shape index (κ1) is 24.8. The quantitative estimate of drug-likeness (QED) is 0.193. The molecular formula is C24H21N3O8S. The highest BCUT2D eigenvalue weighted by molar-refractivity contribution is 8.18.